The van der Waals surface area contributed by atoms with Crippen molar-refractivity contribution in [2.45, 2.75) is 32.4 Å². The molecule has 0 saturated heterocycles. The molecule has 0 bridgehead atoms. The fraction of sp³-hybridized carbons (Fsp3) is 0.312. The van der Waals surface area contributed by atoms with Crippen LogP contribution in [0.1, 0.15) is 34.5 Å². The maximum atomic E-state index is 12.7. The summed E-state index contributed by atoms with van der Waals surface area (Å²) >= 11 is 0. The third-order valence-electron chi connectivity index (χ3n) is 3.71. The van der Waals surface area contributed by atoms with E-state index in [-0.39, 0.29) is 5.91 Å². The second-order valence-electron chi connectivity index (χ2n) is 5.28. The molecule has 0 aliphatic heterocycles. The summed E-state index contributed by atoms with van der Waals surface area (Å²) in [5.74, 6) is 0.793. The smallest absolute Gasteiger partial charge is 0.256 e. The van der Waals surface area contributed by atoms with Gasteiger partial charge in [-0.2, -0.15) is 0 Å². The van der Waals surface area contributed by atoms with Crippen LogP contribution in [0.4, 0.5) is 5.69 Å². The van der Waals surface area contributed by atoms with Gasteiger partial charge < -0.3 is 15.1 Å². The number of nitrogens with two attached hydrogens (primary N) is 1. The van der Waals surface area contributed by atoms with Crippen LogP contribution in [0, 0.1) is 6.92 Å². The molecule has 1 amide bonds. The Morgan fingerprint density at radius 2 is 2.15 bits per heavy atom. The van der Waals surface area contributed by atoms with E-state index in [0.717, 1.165) is 24.2 Å². The molecule has 3 rings (SSSR count). The number of para-hydroxylation sites is 1. The number of hydrogen-bond acceptors (Lipinski definition) is 3. The number of benzene rings is 1. The second kappa shape index (κ2) is 5.04. The first kappa shape index (κ1) is 12.8. The number of amides is 1. The van der Waals surface area contributed by atoms with Crippen molar-refractivity contribution < 1.29 is 9.21 Å². The molecule has 20 heavy (non-hydrogen) atoms. The first-order valence-corrected chi connectivity index (χ1v) is 6.85. The van der Waals surface area contributed by atoms with E-state index in [1.165, 1.54) is 0 Å². The van der Waals surface area contributed by atoms with E-state index >= 15 is 0 Å². The monoisotopic (exact) mass is 270 g/mol. The second-order valence-corrected chi connectivity index (χ2v) is 5.28. The molecule has 1 aliphatic carbocycles. The highest BCUT2D eigenvalue weighted by atomic mass is 16.3. The van der Waals surface area contributed by atoms with Crippen LogP contribution in [0.3, 0.4) is 0 Å². The molecular formula is C16H18N2O2. The SMILES string of the molecule is Cc1cccc(C(=O)N(Cc2ccco2)C2CC2)c1N. The maximum Gasteiger partial charge on any atom is 0.256 e. The largest absolute Gasteiger partial charge is 0.467 e. The van der Waals surface area contributed by atoms with Crippen molar-refractivity contribution in [1.29, 1.82) is 0 Å². The van der Waals surface area contributed by atoms with Crippen LogP contribution in [0.2, 0.25) is 0 Å². The molecule has 1 aliphatic rings. The topological polar surface area (TPSA) is 59.5 Å². The average molecular weight is 270 g/mol. The number of nitrogens with zero attached hydrogens (tertiary/aromatic N) is 1. The van der Waals surface area contributed by atoms with E-state index in [2.05, 4.69) is 0 Å². The number of carbonyl (C=O) groups is 1. The zero-order chi connectivity index (χ0) is 14.1. The van der Waals surface area contributed by atoms with Crippen LogP contribution in [0.5, 0.6) is 0 Å². The third kappa shape index (κ3) is 2.41. The van der Waals surface area contributed by atoms with E-state index in [1.54, 1.807) is 12.3 Å². The van der Waals surface area contributed by atoms with E-state index in [4.69, 9.17) is 10.2 Å². The zero-order valence-corrected chi connectivity index (χ0v) is 11.5. The van der Waals surface area contributed by atoms with Crippen LogP contribution in [-0.4, -0.2) is 16.8 Å². The Balaban J connectivity index is 1.87. The fourth-order valence-electron chi connectivity index (χ4n) is 2.35. The molecule has 1 heterocycles. The standard InChI is InChI=1S/C16H18N2O2/c1-11-4-2-6-14(15(11)17)16(19)18(12-7-8-12)10-13-5-3-9-20-13/h2-6,9,12H,7-8,10,17H2,1H3. The van der Waals surface area contributed by atoms with Gasteiger partial charge in [0.2, 0.25) is 0 Å². The fourth-order valence-corrected chi connectivity index (χ4v) is 2.35. The van der Waals surface area contributed by atoms with Crippen molar-refractivity contribution in [2.75, 3.05) is 5.73 Å². The highest BCUT2D eigenvalue weighted by molar-refractivity contribution is 6.00. The summed E-state index contributed by atoms with van der Waals surface area (Å²) in [6.07, 6.45) is 3.74. The van der Waals surface area contributed by atoms with Crippen LogP contribution < -0.4 is 5.73 Å². The predicted octanol–water partition coefficient (Wildman–Crippen LogP) is 2.98. The van der Waals surface area contributed by atoms with Crippen LogP contribution in [-0.2, 0) is 6.54 Å². The Hall–Kier alpha value is -2.23. The van der Waals surface area contributed by atoms with Gasteiger partial charge in [-0.05, 0) is 43.5 Å². The van der Waals surface area contributed by atoms with Crippen molar-refractivity contribution in [3.63, 3.8) is 0 Å². The zero-order valence-electron chi connectivity index (χ0n) is 11.5. The Morgan fingerprint density at radius 1 is 1.35 bits per heavy atom. The molecule has 1 aromatic carbocycles. The van der Waals surface area contributed by atoms with Gasteiger partial charge in [-0.1, -0.05) is 12.1 Å². The Labute approximate surface area is 118 Å². The van der Waals surface area contributed by atoms with Crippen LogP contribution in [0.25, 0.3) is 0 Å². The van der Waals surface area contributed by atoms with Crippen molar-refractivity contribution >= 4 is 11.6 Å². The molecule has 4 nitrogen and oxygen atoms in total. The van der Waals surface area contributed by atoms with E-state index in [9.17, 15) is 4.79 Å². The number of anilines is 1. The van der Waals surface area contributed by atoms with E-state index in [1.807, 2.05) is 36.1 Å². The molecule has 0 unspecified atom stereocenters. The molecule has 4 heteroatoms. The van der Waals surface area contributed by atoms with Gasteiger partial charge in [-0.25, -0.2) is 0 Å². The van der Waals surface area contributed by atoms with Gasteiger partial charge in [0.15, 0.2) is 0 Å². The number of aryl methyl sites for hydroxylation is 1. The van der Waals surface area contributed by atoms with Gasteiger partial charge in [0.25, 0.3) is 5.91 Å². The number of nitrogen functional groups attached to an aromatic ring is 1. The molecule has 1 aromatic heterocycles. The Kier molecular flexibility index (Phi) is 3.22. The van der Waals surface area contributed by atoms with Crippen LogP contribution in [0.15, 0.2) is 41.0 Å². The van der Waals surface area contributed by atoms with Crippen molar-refractivity contribution in [3.8, 4) is 0 Å². The maximum absolute atomic E-state index is 12.7. The van der Waals surface area contributed by atoms with Gasteiger partial charge in [0.05, 0.1) is 18.4 Å². The van der Waals surface area contributed by atoms with Crippen LogP contribution >= 0.6 is 0 Å². The quantitative estimate of drug-likeness (QED) is 0.869. The summed E-state index contributed by atoms with van der Waals surface area (Å²) < 4.78 is 5.36. The molecule has 0 radical (unpaired) electrons. The molecule has 2 N–H and O–H groups in total. The highest BCUT2D eigenvalue weighted by Gasteiger charge is 2.34. The summed E-state index contributed by atoms with van der Waals surface area (Å²) in [4.78, 5) is 14.6. The number of furan rings is 1. The molecule has 2 aromatic rings. The summed E-state index contributed by atoms with van der Waals surface area (Å²) in [5.41, 5.74) is 8.14. The minimum absolute atomic E-state index is 0.00917. The van der Waals surface area contributed by atoms with Crippen molar-refractivity contribution in [2.24, 2.45) is 0 Å². The first-order valence-electron chi connectivity index (χ1n) is 6.85. The molecule has 0 atom stereocenters. The average Bonchev–Trinajstić information content (AvgIpc) is 3.15. The summed E-state index contributed by atoms with van der Waals surface area (Å²) in [7, 11) is 0. The van der Waals surface area contributed by atoms with Gasteiger partial charge in [-0.15, -0.1) is 0 Å². The van der Waals surface area contributed by atoms with Gasteiger partial charge in [0, 0.05) is 11.7 Å². The van der Waals surface area contributed by atoms with Gasteiger partial charge in [0.1, 0.15) is 5.76 Å². The third-order valence-corrected chi connectivity index (χ3v) is 3.71. The minimum atomic E-state index is -0.00917. The molecule has 1 fully saturated rings. The summed E-state index contributed by atoms with van der Waals surface area (Å²) in [6, 6.07) is 9.63. The van der Waals surface area contributed by atoms with Crippen molar-refractivity contribution in [3.05, 3.63) is 53.5 Å². The molecular weight excluding hydrogens is 252 g/mol. The lowest BCUT2D eigenvalue weighted by Gasteiger charge is -2.22. The highest BCUT2D eigenvalue weighted by Crippen LogP contribution is 2.31. The Bertz CT molecular complexity index is 615. The molecule has 104 valence electrons. The number of carbonyl (C=O) groups excluding carboxylic acids is 1. The van der Waals surface area contributed by atoms with Crippen molar-refractivity contribution in [1.82, 2.24) is 4.90 Å². The number of rotatable bonds is 4. The van der Waals surface area contributed by atoms with E-state index < -0.39 is 0 Å². The number of hydrogen-bond donors (Lipinski definition) is 1. The summed E-state index contributed by atoms with van der Waals surface area (Å²) in [5, 5.41) is 0. The summed E-state index contributed by atoms with van der Waals surface area (Å²) in [6.45, 7) is 2.42. The van der Waals surface area contributed by atoms with E-state index in [0.29, 0.717) is 23.8 Å². The van der Waals surface area contributed by atoms with Gasteiger partial charge in [-0.3, -0.25) is 4.79 Å². The lowest BCUT2D eigenvalue weighted by Crippen LogP contribution is -2.33. The normalized spacial score (nSPS) is 14.2. The van der Waals surface area contributed by atoms with Gasteiger partial charge >= 0.3 is 0 Å². The molecule has 0 spiro atoms. The minimum Gasteiger partial charge on any atom is -0.467 e. The Morgan fingerprint density at radius 3 is 2.80 bits per heavy atom. The lowest BCUT2D eigenvalue weighted by molar-refractivity contribution is 0.0718. The predicted molar refractivity (Wildman–Crippen MR) is 77.2 cm³/mol. The lowest BCUT2D eigenvalue weighted by atomic mass is 10.1. The molecule has 1 saturated carbocycles. The first-order chi connectivity index (χ1) is 9.66.